The predicted octanol–water partition coefficient (Wildman–Crippen LogP) is 3.47. The molecule has 0 aliphatic carbocycles. The second-order valence-corrected chi connectivity index (χ2v) is 10.7. The van der Waals surface area contributed by atoms with Crippen molar-refractivity contribution in [3.8, 4) is 16.9 Å². The van der Waals surface area contributed by atoms with E-state index in [1.165, 1.54) is 15.6 Å². The Labute approximate surface area is 244 Å². The van der Waals surface area contributed by atoms with Gasteiger partial charge in [-0.05, 0) is 53.2 Å². The van der Waals surface area contributed by atoms with Crippen LogP contribution in [0.4, 0.5) is 8.78 Å². The van der Waals surface area contributed by atoms with Crippen molar-refractivity contribution < 1.29 is 28.8 Å². The molecule has 3 aromatic heterocycles. The Morgan fingerprint density at radius 1 is 1.12 bits per heavy atom. The summed E-state index contributed by atoms with van der Waals surface area (Å²) in [4.78, 5) is 8.96. The first-order valence-corrected chi connectivity index (χ1v) is 13.5. The van der Waals surface area contributed by atoms with Crippen LogP contribution >= 0.6 is 27.5 Å². The van der Waals surface area contributed by atoms with E-state index >= 15 is 0 Å². The van der Waals surface area contributed by atoms with Crippen LogP contribution in [-0.2, 0) is 4.74 Å². The van der Waals surface area contributed by atoms with Gasteiger partial charge in [-0.3, -0.25) is 4.98 Å². The first-order valence-electron chi connectivity index (χ1n) is 12.3. The fraction of sp³-hybridized carbons (Fsp3) is 0.269. The molecule has 3 N–H and O–H groups in total. The van der Waals surface area contributed by atoms with E-state index in [1.807, 2.05) is 6.07 Å². The van der Waals surface area contributed by atoms with Gasteiger partial charge < -0.3 is 20.1 Å². The Balaban J connectivity index is 1.43. The third-order valence-corrected chi connectivity index (χ3v) is 7.83. The van der Waals surface area contributed by atoms with Crippen LogP contribution in [0, 0.1) is 18.6 Å². The lowest BCUT2D eigenvalue weighted by atomic mass is 9.92. The minimum atomic E-state index is -1.48. The fourth-order valence-electron chi connectivity index (χ4n) is 4.98. The zero-order valence-corrected chi connectivity index (χ0v) is 23.4. The van der Waals surface area contributed by atoms with Crippen molar-refractivity contribution in [3.05, 3.63) is 81.6 Å². The number of aliphatic hydroxyl groups is 3. The number of rotatable bonds is 5. The van der Waals surface area contributed by atoms with Gasteiger partial charge in [-0.1, -0.05) is 22.9 Å². The molecule has 41 heavy (non-hydrogen) atoms. The molecular formula is C26H21BrClF2N7O4. The van der Waals surface area contributed by atoms with Gasteiger partial charge in [0.25, 0.3) is 0 Å². The van der Waals surface area contributed by atoms with Gasteiger partial charge in [0.05, 0.1) is 28.5 Å². The quantitative estimate of drug-likeness (QED) is 0.244. The molecule has 1 saturated heterocycles. The molecule has 6 rings (SSSR count). The summed E-state index contributed by atoms with van der Waals surface area (Å²) in [5.41, 5.74) is 1.23. The molecule has 0 saturated carbocycles. The first-order chi connectivity index (χ1) is 19.7. The smallest absolute Gasteiger partial charge is 0.164 e. The van der Waals surface area contributed by atoms with E-state index in [4.69, 9.17) is 16.3 Å². The number of hydrogen-bond acceptors (Lipinski definition) is 9. The van der Waals surface area contributed by atoms with E-state index < -0.39 is 48.7 Å². The molecule has 1 fully saturated rings. The van der Waals surface area contributed by atoms with Crippen LogP contribution in [0.1, 0.15) is 23.8 Å². The normalized spacial score (nSPS) is 22.9. The molecule has 2 aromatic carbocycles. The summed E-state index contributed by atoms with van der Waals surface area (Å²) in [6, 6.07) is 7.97. The fourth-order valence-corrected chi connectivity index (χ4v) is 5.43. The van der Waals surface area contributed by atoms with Crippen molar-refractivity contribution in [1.82, 2.24) is 34.7 Å². The standard InChI is InChI=1S/C26H21BrClF2N7O4/c1-11-32-26(37(34-11)18-8-14(28)5-12-3-2-4-31-21(12)18)25-24(40)22(23(39)19(10-38)41-25)36-9-17(33-35-36)13-6-15(29)20(27)16(30)7-13/h2-9,19,22-25,38-40H,10H2,1H3/t19-,22+,23+,24-,25-/m1/s1. The van der Waals surface area contributed by atoms with E-state index in [-0.39, 0.29) is 21.6 Å². The third-order valence-electron chi connectivity index (χ3n) is 6.86. The topological polar surface area (TPSA) is 144 Å². The minimum absolute atomic E-state index is 0.0915. The maximum atomic E-state index is 14.2. The van der Waals surface area contributed by atoms with Crippen molar-refractivity contribution in [2.45, 2.75) is 37.4 Å². The Kier molecular flexibility index (Phi) is 7.30. The Morgan fingerprint density at radius 3 is 2.61 bits per heavy atom. The van der Waals surface area contributed by atoms with Crippen LogP contribution in [0.25, 0.3) is 27.8 Å². The summed E-state index contributed by atoms with van der Waals surface area (Å²) < 4.78 is 36.6. The lowest BCUT2D eigenvalue weighted by Crippen LogP contribution is -2.53. The number of pyridine rings is 1. The molecule has 15 heteroatoms. The molecule has 0 unspecified atom stereocenters. The van der Waals surface area contributed by atoms with E-state index in [9.17, 15) is 24.1 Å². The number of aliphatic hydroxyl groups excluding tert-OH is 3. The SMILES string of the molecule is Cc1nc([C@@H]2O[C@H](CO)[C@H](O)[C@H](n3cc(-c4cc(F)c(Br)c(F)c4)nn3)[C@H]2O)n(-c2cc(Cl)cc3cccnc23)n1. The number of nitrogens with zero attached hydrogens (tertiary/aromatic N) is 7. The summed E-state index contributed by atoms with van der Waals surface area (Å²) in [6.45, 7) is 1.06. The molecule has 1 aliphatic heterocycles. The van der Waals surface area contributed by atoms with Crippen LogP contribution < -0.4 is 0 Å². The molecule has 0 amide bonds. The van der Waals surface area contributed by atoms with Gasteiger partial charge in [0.15, 0.2) is 5.82 Å². The van der Waals surface area contributed by atoms with Crippen molar-refractivity contribution in [2.75, 3.05) is 6.61 Å². The van der Waals surface area contributed by atoms with Crippen LogP contribution in [0.3, 0.4) is 0 Å². The summed E-state index contributed by atoms with van der Waals surface area (Å²) >= 11 is 9.23. The minimum Gasteiger partial charge on any atom is -0.394 e. The second-order valence-electron chi connectivity index (χ2n) is 9.52. The Morgan fingerprint density at radius 2 is 1.88 bits per heavy atom. The Bertz CT molecular complexity index is 1750. The lowest BCUT2D eigenvalue weighted by molar-refractivity contribution is -0.210. The van der Waals surface area contributed by atoms with Crippen LogP contribution in [-0.4, -0.2) is 75.0 Å². The van der Waals surface area contributed by atoms with E-state index in [0.29, 0.717) is 22.1 Å². The van der Waals surface area contributed by atoms with Gasteiger partial charge in [-0.25, -0.2) is 23.1 Å². The van der Waals surface area contributed by atoms with E-state index in [2.05, 4.69) is 41.3 Å². The predicted molar refractivity (Wildman–Crippen MR) is 145 cm³/mol. The van der Waals surface area contributed by atoms with Gasteiger partial charge in [0.2, 0.25) is 0 Å². The summed E-state index contributed by atoms with van der Waals surface area (Å²) in [5, 5.41) is 46.3. The van der Waals surface area contributed by atoms with E-state index in [1.54, 1.807) is 31.3 Å². The summed E-state index contributed by atoms with van der Waals surface area (Å²) in [6.07, 6.45) is -2.35. The number of ether oxygens (including phenoxy) is 1. The lowest BCUT2D eigenvalue weighted by Gasteiger charge is -2.41. The number of halogens is 4. The monoisotopic (exact) mass is 647 g/mol. The average Bonchev–Trinajstić information content (AvgIpc) is 3.58. The highest BCUT2D eigenvalue weighted by Gasteiger charge is 2.48. The number of aryl methyl sites for hydroxylation is 1. The van der Waals surface area contributed by atoms with Crippen molar-refractivity contribution in [2.24, 2.45) is 0 Å². The maximum Gasteiger partial charge on any atom is 0.164 e. The number of benzene rings is 2. The number of hydrogen-bond donors (Lipinski definition) is 3. The third kappa shape index (κ3) is 4.90. The summed E-state index contributed by atoms with van der Waals surface area (Å²) in [5.74, 6) is -1.15. The zero-order valence-electron chi connectivity index (χ0n) is 21.1. The zero-order chi connectivity index (χ0) is 29.0. The maximum absolute atomic E-state index is 14.2. The number of fused-ring (bicyclic) bond motifs is 1. The molecule has 212 valence electrons. The Hall–Kier alpha value is -3.40. The molecule has 5 aromatic rings. The van der Waals surface area contributed by atoms with Crippen molar-refractivity contribution in [1.29, 1.82) is 0 Å². The largest absolute Gasteiger partial charge is 0.394 e. The first kappa shape index (κ1) is 27.8. The van der Waals surface area contributed by atoms with Crippen LogP contribution in [0.2, 0.25) is 5.02 Å². The summed E-state index contributed by atoms with van der Waals surface area (Å²) in [7, 11) is 0. The molecular weight excluding hydrogens is 628 g/mol. The molecule has 0 spiro atoms. The highest BCUT2D eigenvalue weighted by Crippen LogP contribution is 2.39. The van der Waals surface area contributed by atoms with Gasteiger partial charge in [0, 0.05) is 22.2 Å². The highest BCUT2D eigenvalue weighted by molar-refractivity contribution is 9.10. The van der Waals surface area contributed by atoms with Crippen molar-refractivity contribution >= 4 is 38.4 Å². The van der Waals surface area contributed by atoms with E-state index in [0.717, 1.165) is 17.5 Å². The average molecular weight is 649 g/mol. The second kappa shape index (κ2) is 10.8. The van der Waals surface area contributed by atoms with Gasteiger partial charge in [-0.15, -0.1) is 5.10 Å². The molecule has 0 bridgehead atoms. The van der Waals surface area contributed by atoms with Gasteiger partial charge in [-0.2, -0.15) is 5.10 Å². The molecule has 0 radical (unpaired) electrons. The van der Waals surface area contributed by atoms with Crippen molar-refractivity contribution in [3.63, 3.8) is 0 Å². The highest BCUT2D eigenvalue weighted by atomic mass is 79.9. The molecule has 11 nitrogen and oxygen atoms in total. The molecule has 4 heterocycles. The number of aromatic nitrogens is 7. The molecule has 5 atom stereocenters. The van der Waals surface area contributed by atoms with Crippen LogP contribution in [0.15, 0.2) is 53.3 Å². The van der Waals surface area contributed by atoms with Gasteiger partial charge >= 0.3 is 0 Å². The molecule has 1 aliphatic rings. The van der Waals surface area contributed by atoms with Crippen LogP contribution in [0.5, 0.6) is 0 Å². The van der Waals surface area contributed by atoms with Gasteiger partial charge in [0.1, 0.15) is 53.6 Å².